The highest BCUT2D eigenvalue weighted by atomic mass is 79.9. The summed E-state index contributed by atoms with van der Waals surface area (Å²) < 4.78 is 9.15. The van der Waals surface area contributed by atoms with Crippen LogP contribution in [0.1, 0.15) is 0 Å². The van der Waals surface area contributed by atoms with Crippen LogP contribution in [0.15, 0.2) is 0 Å². The molecule has 0 heterocycles. The molecular weight excluding hydrogens is 155 g/mol. The standard InChI is InChI=1S/CH3O2P.BrH/c1-4(2)3;/h1H3;1H/p+1. The largest absolute Gasteiger partial charge is 0.502 e. The molecule has 0 aromatic heterocycles. The Morgan fingerprint density at radius 2 is 1.80 bits per heavy atom. The Bertz CT molecular complexity index is 32.6. The van der Waals surface area contributed by atoms with Crippen LogP contribution < -0.4 is 0 Å². The van der Waals surface area contributed by atoms with Gasteiger partial charge in [-0.1, -0.05) is 0 Å². The molecule has 0 aliphatic rings. The first-order chi connectivity index (χ1) is 1.73. The van der Waals surface area contributed by atoms with Crippen molar-refractivity contribution in [2.45, 2.75) is 0 Å². The maximum absolute atomic E-state index is 9.15. The van der Waals surface area contributed by atoms with E-state index in [1.54, 1.807) is 0 Å². The fourth-order valence-electron chi connectivity index (χ4n) is 0. The predicted molar refractivity (Wildman–Crippen MR) is 26.1 cm³/mol. The van der Waals surface area contributed by atoms with Gasteiger partial charge in [-0.25, -0.2) is 0 Å². The highest BCUT2D eigenvalue weighted by Crippen LogP contribution is 1.99. The van der Waals surface area contributed by atoms with E-state index in [1.807, 2.05) is 0 Å². The van der Waals surface area contributed by atoms with Gasteiger partial charge in [0.1, 0.15) is 0 Å². The SMILES string of the molecule is Br.C[P+](=O)O. The molecule has 0 aromatic rings. The highest BCUT2D eigenvalue weighted by molar-refractivity contribution is 8.93. The van der Waals surface area contributed by atoms with Crippen LogP contribution in [0.25, 0.3) is 0 Å². The van der Waals surface area contributed by atoms with E-state index in [0.717, 1.165) is 0 Å². The number of halogens is 1. The number of hydrogen-bond donors (Lipinski definition) is 1. The van der Waals surface area contributed by atoms with E-state index < -0.39 is 8.03 Å². The Balaban J connectivity index is 0. The van der Waals surface area contributed by atoms with Gasteiger partial charge in [-0.2, -0.15) is 4.89 Å². The van der Waals surface area contributed by atoms with Crippen LogP contribution in [-0.2, 0) is 4.57 Å². The first-order valence-electron chi connectivity index (χ1n) is 0.830. The van der Waals surface area contributed by atoms with E-state index in [4.69, 9.17) is 9.46 Å². The Morgan fingerprint density at radius 3 is 1.80 bits per heavy atom. The monoisotopic (exact) mass is 159 g/mol. The normalized spacial score (nSPS) is 8.80. The van der Waals surface area contributed by atoms with Crippen LogP contribution in [0.4, 0.5) is 0 Å². The van der Waals surface area contributed by atoms with Gasteiger partial charge in [0.25, 0.3) is 0 Å². The minimum absolute atomic E-state index is 0. The highest BCUT2D eigenvalue weighted by Gasteiger charge is 1.86. The summed E-state index contributed by atoms with van der Waals surface area (Å²) in [5.74, 6) is 0. The summed E-state index contributed by atoms with van der Waals surface area (Å²) in [7, 11) is -1.87. The lowest BCUT2D eigenvalue weighted by Crippen LogP contribution is -1.35. The fraction of sp³-hybridized carbons (Fsp3) is 1.00. The second kappa shape index (κ2) is 4.54. The quantitative estimate of drug-likeness (QED) is 0.535. The molecule has 1 atom stereocenters. The fourth-order valence-corrected chi connectivity index (χ4v) is 0. The number of hydrogen-bond acceptors (Lipinski definition) is 1. The van der Waals surface area contributed by atoms with Gasteiger partial charge in [0.05, 0.1) is 0 Å². The van der Waals surface area contributed by atoms with Crippen molar-refractivity contribution in [2.75, 3.05) is 6.66 Å². The zero-order chi connectivity index (χ0) is 3.58. The van der Waals surface area contributed by atoms with E-state index in [2.05, 4.69) is 0 Å². The summed E-state index contributed by atoms with van der Waals surface area (Å²) in [6.45, 7) is 1.23. The first kappa shape index (κ1) is 9.11. The lowest BCUT2D eigenvalue weighted by molar-refractivity contribution is 0.509. The molecule has 0 amide bonds. The molecule has 5 heavy (non-hydrogen) atoms. The van der Waals surface area contributed by atoms with E-state index in [1.165, 1.54) is 6.66 Å². The van der Waals surface area contributed by atoms with Crippen LogP contribution in [0, 0.1) is 0 Å². The van der Waals surface area contributed by atoms with Crippen molar-refractivity contribution >= 4 is 25.0 Å². The van der Waals surface area contributed by atoms with E-state index in [-0.39, 0.29) is 17.0 Å². The molecule has 0 saturated heterocycles. The lowest BCUT2D eigenvalue weighted by atomic mass is 12.0. The van der Waals surface area contributed by atoms with Crippen molar-refractivity contribution in [1.82, 2.24) is 0 Å². The molecule has 0 spiro atoms. The molecular formula is CH5BrO2P+. The van der Waals surface area contributed by atoms with Gasteiger partial charge in [-0.05, 0) is 4.57 Å². The molecule has 1 N–H and O–H groups in total. The number of rotatable bonds is 0. The molecule has 0 aliphatic carbocycles. The summed E-state index contributed by atoms with van der Waals surface area (Å²) >= 11 is 0. The molecule has 0 fully saturated rings. The molecule has 0 saturated carbocycles. The van der Waals surface area contributed by atoms with Gasteiger partial charge < -0.3 is 0 Å². The predicted octanol–water partition coefficient (Wildman–Crippen LogP) is 0.929. The molecule has 2 nitrogen and oxygen atoms in total. The van der Waals surface area contributed by atoms with Gasteiger partial charge >= 0.3 is 8.03 Å². The van der Waals surface area contributed by atoms with Crippen LogP contribution in [0.5, 0.6) is 0 Å². The van der Waals surface area contributed by atoms with Crippen LogP contribution in [-0.4, -0.2) is 11.6 Å². The molecule has 1 unspecified atom stereocenters. The third-order valence-electron chi connectivity index (χ3n) is 0. The molecule has 32 valence electrons. The topological polar surface area (TPSA) is 37.3 Å². The van der Waals surface area contributed by atoms with Gasteiger partial charge in [0, 0.05) is 0 Å². The van der Waals surface area contributed by atoms with Crippen molar-refractivity contribution in [3.63, 3.8) is 0 Å². The van der Waals surface area contributed by atoms with Gasteiger partial charge in [-0.15, -0.1) is 17.0 Å². The van der Waals surface area contributed by atoms with Crippen molar-refractivity contribution in [3.05, 3.63) is 0 Å². The third kappa shape index (κ3) is 100. The minimum Gasteiger partial charge on any atom is -0.161 e. The van der Waals surface area contributed by atoms with Crippen LogP contribution in [0.2, 0.25) is 0 Å². The Hall–Kier alpha value is 0.540. The van der Waals surface area contributed by atoms with Crippen molar-refractivity contribution in [3.8, 4) is 0 Å². The average Bonchev–Trinajstić information content (AvgIpc) is 0.811. The summed E-state index contributed by atoms with van der Waals surface area (Å²) in [6, 6.07) is 0. The maximum atomic E-state index is 9.15. The van der Waals surface area contributed by atoms with Gasteiger partial charge in [0.15, 0.2) is 6.66 Å². The smallest absolute Gasteiger partial charge is 0.161 e. The van der Waals surface area contributed by atoms with Crippen molar-refractivity contribution in [1.29, 1.82) is 0 Å². The van der Waals surface area contributed by atoms with Crippen molar-refractivity contribution in [2.24, 2.45) is 0 Å². The second-order valence-electron chi connectivity index (χ2n) is 0.464. The first-order valence-corrected chi connectivity index (χ1v) is 2.49. The molecule has 0 aromatic carbocycles. The van der Waals surface area contributed by atoms with Crippen LogP contribution >= 0.6 is 25.0 Å². The van der Waals surface area contributed by atoms with E-state index in [9.17, 15) is 0 Å². The van der Waals surface area contributed by atoms with Gasteiger partial charge in [-0.3, -0.25) is 0 Å². The average molecular weight is 160 g/mol. The van der Waals surface area contributed by atoms with Crippen molar-refractivity contribution < 1.29 is 9.46 Å². The maximum Gasteiger partial charge on any atom is 0.502 e. The summed E-state index contributed by atoms with van der Waals surface area (Å²) in [5.41, 5.74) is 0. The summed E-state index contributed by atoms with van der Waals surface area (Å²) in [4.78, 5) is 7.56. The summed E-state index contributed by atoms with van der Waals surface area (Å²) in [6.07, 6.45) is 0. The Kier molecular flexibility index (Phi) is 8.27. The second-order valence-corrected chi connectivity index (χ2v) is 1.39. The molecule has 0 rings (SSSR count). The zero-order valence-electron chi connectivity index (χ0n) is 2.71. The molecule has 0 aliphatic heterocycles. The van der Waals surface area contributed by atoms with E-state index >= 15 is 0 Å². The Labute approximate surface area is 41.8 Å². The minimum atomic E-state index is -1.87. The summed E-state index contributed by atoms with van der Waals surface area (Å²) in [5, 5.41) is 0. The zero-order valence-corrected chi connectivity index (χ0v) is 5.32. The third-order valence-corrected chi connectivity index (χ3v) is 0. The van der Waals surface area contributed by atoms with Gasteiger partial charge in [0.2, 0.25) is 0 Å². The molecule has 0 bridgehead atoms. The molecule has 4 heteroatoms. The molecule has 0 radical (unpaired) electrons. The van der Waals surface area contributed by atoms with Crippen LogP contribution in [0.3, 0.4) is 0 Å². The Morgan fingerprint density at radius 1 is 1.80 bits per heavy atom. The lowest BCUT2D eigenvalue weighted by Gasteiger charge is -1.36. The van der Waals surface area contributed by atoms with E-state index in [0.29, 0.717) is 0 Å².